The van der Waals surface area contributed by atoms with Gasteiger partial charge in [0.05, 0.1) is 10.7 Å². The summed E-state index contributed by atoms with van der Waals surface area (Å²) in [5.41, 5.74) is 0.355. The van der Waals surface area contributed by atoms with Crippen LogP contribution in [0.1, 0.15) is 10.6 Å². The van der Waals surface area contributed by atoms with E-state index in [1.54, 1.807) is 6.07 Å². The molecule has 0 saturated carbocycles. The van der Waals surface area contributed by atoms with Crippen LogP contribution in [0.3, 0.4) is 0 Å². The molecule has 0 radical (unpaired) electrons. The van der Waals surface area contributed by atoms with Crippen molar-refractivity contribution in [1.82, 2.24) is 20.2 Å². The molecule has 0 unspecified atom stereocenters. The van der Waals surface area contributed by atoms with Crippen molar-refractivity contribution in [2.45, 2.75) is 0 Å². The normalized spacial score (nSPS) is 10.4. The van der Waals surface area contributed by atoms with Gasteiger partial charge in [-0.2, -0.15) is 4.68 Å². The molecule has 1 heterocycles. The fourth-order valence-electron chi connectivity index (χ4n) is 1.14. The number of carbonyl (C=O) groups is 1. The van der Waals surface area contributed by atoms with Gasteiger partial charge in [-0.3, -0.25) is 0 Å². The first-order valence-electron chi connectivity index (χ1n) is 4.06. The summed E-state index contributed by atoms with van der Waals surface area (Å²) in [5.74, 6) is -1.56. The zero-order valence-corrected chi connectivity index (χ0v) is 9.14. The predicted octanol–water partition coefficient (Wildman–Crippen LogP) is 1.67. The Labute approximate surface area is 99.4 Å². The highest BCUT2D eigenvalue weighted by Crippen LogP contribution is 2.24. The second-order valence-corrected chi connectivity index (χ2v) is 3.66. The smallest absolute Gasteiger partial charge is 0.376 e. The Morgan fingerprint density at radius 3 is 2.75 bits per heavy atom. The molecule has 8 heteroatoms. The molecule has 1 N–H and O–H groups in total. The van der Waals surface area contributed by atoms with Gasteiger partial charge in [-0.1, -0.05) is 23.2 Å². The number of benzene rings is 1. The third kappa shape index (κ3) is 1.84. The highest BCUT2D eigenvalue weighted by molar-refractivity contribution is 6.35. The van der Waals surface area contributed by atoms with Crippen LogP contribution in [-0.2, 0) is 0 Å². The molecule has 6 nitrogen and oxygen atoms in total. The van der Waals surface area contributed by atoms with Crippen LogP contribution in [0.15, 0.2) is 18.2 Å². The van der Waals surface area contributed by atoms with Crippen LogP contribution in [0.5, 0.6) is 0 Å². The number of hydrogen-bond donors (Lipinski definition) is 1. The second kappa shape index (κ2) is 4.07. The number of hydrogen-bond acceptors (Lipinski definition) is 4. The summed E-state index contributed by atoms with van der Waals surface area (Å²) >= 11 is 11.6. The van der Waals surface area contributed by atoms with Crippen LogP contribution >= 0.6 is 23.2 Å². The van der Waals surface area contributed by atoms with Gasteiger partial charge < -0.3 is 5.11 Å². The molecule has 1 aromatic heterocycles. The highest BCUT2D eigenvalue weighted by atomic mass is 35.5. The number of halogens is 2. The van der Waals surface area contributed by atoms with E-state index < -0.39 is 5.97 Å². The molecule has 2 rings (SSSR count). The number of carboxylic acid groups (broad SMARTS) is 1. The van der Waals surface area contributed by atoms with Gasteiger partial charge in [-0.15, -0.1) is 5.10 Å². The molecule has 0 aliphatic rings. The highest BCUT2D eigenvalue weighted by Gasteiger charge is 2.17. The maximum atomic E-state index is 10.8. The average Bonchev–Trinajstić information content (AvgIpc) is 2.66. The number of aromatic nitrogens is 4. The zero-order valence-electron chi connectivity index (χ0n) is 7.63. The molecule has 16 heavy (non-hydrogen) atoms. The molecule has 0 bridgehead atoms. The third-order valence-electron chi connectivity index (χ3n) is 1.80. The van der Waals surface area contributed by atoms with Crippen molar-refractivity contribution >= 4 is 29.2 Å². The minimum atomic E-state index is -1.24. The molecular weight excluding hydrogens is 255 g/mol. The van der Waals surface area contributed by atoms with Crippen molar-refractivity contribution in [2.24, 2.45) is 0 Å². The third-order valence-corrected chi connectivity index (χ3v) is 2.34. The predicted molar refractivity (Wildman–Crippen MR) is 56.1 cm³/mol. The Hall–Kier alpha value is -1.66. The lowest BCUT2D eigenvalue weighted by Crippen LogP contribution is -2.09. The van der Waals surface area contributed by atoms with E-state index in [-0.39, 0.29) is 10.8 Å². The Kier molecular flexibility index (Phi) is 2.76. The number of aromatic carboxylic acids is 1. The first-order chi connectivity index (χ1) is 7.59. The number of nitrogens with zero attached hydrogens (tertiary/aromatic N) is 4. The van der Waals surface area contributed by atoms with E-state index in [1.807, 2.05) is 0 Å². The SMILES string of the molecule is O=C(O)c1nnnn1-c1ccc(Cl)cc1Cl. The molecule has 0 atom stereocenters. The molecule has 0 amide bonds. The van der Waals surface area contributed by atoms with E-state index in [1.165, 1.54) is 12.1 Å². The second-order valence-electron chi connectivity index (χ2n) is 2.82. The van der Waals surface area contributed by atoms with Gasteiger partial charge in [0.25, 0.3) is 5.82 Å². The number of carboxylic acids is 1. The summed E-state index contributed by atoms with van der Waals surface area (Å²) < 4.78 is 1.03. The molecule has 0 saturated heterocycles. The van der Waals surface area contributed by atoms with Crippen LogP contribution in [0.4, 0.5) is 0 Å². The quantitative estimate of drug-likeness (QED) is 0.887. The summed E-state index contributed by atoms with van der Waals surface area (Å²) in [6.07, 6.45) is 0. The molecule has 0 fully saturated rings. The molecule has 0 aliphatic heterocycles. The van der Waals surface area contributed by atoms with Crippen molar-refractivity contribution in [3.05, 3.63) is 34.1 Å². The van der Waals surface area contributed by atoms with E-state index in [0.29, 0.717) is 10.7 Å². The lowest BCUT2D eigenvalue weighted by molar-refractivity contribution is 0.0680. The topological polar surface area (TPSA) is 80.9 Å². The lowest BCUT2D eigenvalue weighted by atomic mass is 10.3. The summed E-state index contributed by atoms with van der Waals surface area (Å²) in [5, 5.41) is 19.7. The molecule has 0 aliphatic carbocycles. The van der Waals surface area contributed by atoms with Crippen molar-refractivity contribution < 1.29 is 9.90 Å². The van der Waals surface area contributed by atoms with Crippen LogP contribution < -0.4 is 0 Å². The lowest BCUT2D eigenvalue weighted by Gasteiger charge is -2.04. The molecular formula is C8H4Cl2N4O2. The Morgan fingerprint density at radius 2 is 2.12 bits per heavy atom. The zero-order chi connectivity index (χ0) is 11.7. The van der Waals surface area contributed by atoms with Gasteiger partial charge in [0.1, 0.15) is 0 Å². The van der Waals surface area contributed by atoms with Crippen molar-refractivity contribution in [3.63, 3.8) is 0 Å². The van der Waals surface area contributed by atoms with Gasteiger partial charge in [0, 0.05) is 5.02 Å². The van der Waals surface area contributed by atoms with Crippen LogP contribution in [0.25, 0.3) is 5.69 Å². The Morgan fingerprint density at radius 1 is 1.38 bits per heavy atom. The molecule has 82 valence electrons. The maximum Gasteiger partial charge on any atom is 0.376 e. The monoisotopic (exact) mass is 258 g/mol. The van der Waals surface area contributed by atoms with Gasteiger partial charge in [0.15, 0.2) is 0 Å². The average molecular weight is 259 g/mol. The first kappa shape index (κ1) is 10.8. The van der Waals surface area contributed by atoms with Gasteiger partial charge in [-0.05, 0) is 28.6 Å². The summed E-state index contributed by atoms with van der Waals surface area (Å²) in [6.45, 7) is 0. The van der Waals surface area contributed by atoms with E-state index in [9.17, 15) is 4.79 Å². The van der Waals surface area contributed by atoms with Crippen LogP contribution in [-0.4, -0.2) is 31.3 Å². The summed E-state index contributed by atoms with van der Waals surface area (Å²) in [4.78, 5) is 10.8. The van der Waals surface area contributed by atoms with Gasteiger partial charge in [0.2, 0.25) is 0 Å². The Balaban J connectivity index is 2.59. The van der Waals surface area contributed by atoms with Crippen molar-refractivity contribution in [1.29, 1.82) is 0 Å². The van der Waals surface area contributed by atoms with Crippen molar-refractivity contribution in [3.8, 4) is 5.69 Å². The van der Waals surface area contributed by atoms with Crippen LogP contribution in [0, 0.1) is 0 Å². The standard InChI is InChI=1S/C8H4Cl2N4O2/c9-4-1-2-6(5(10)3-4)14-7(8(15)16)11-12-13-14/h1-3H,(H,15,16). The first-order valence-corrected chi connectivity index (χ1v) is 4.82. The molecule has 0 spiro atoms. The van der Waals surface area contributed by atoms with E-state index in [0.717, 1.165) is 4.68 Å². The van der Waals surface area contributed by atoms with E-state index in [2.05, 4.69) is 15.5 Å². The van der Waals surface area contributed by atoms with E-state index >= 15 is 0 Å². The fraction of sp³-hybridized carbons (Fsp3) is 0. The molecule has 2 aromatic rings. The van der Waals surface area contributed by atoms with Gasteiger partial charge >= 0.3 is 5.97 Å². The fourth-order valence-corrected chi connectivity index (χ4v) is 1.62. The summed E-state index contributed by atoms with van der Waals surface area (Å²) in [6, 6.07) is 4.58. The minimum absolute atomic E-state index is 0.266. The summed E-state index contributed by atoms with van der Waals surface area (Å²) in [7, 11) is 0. The number of tetrazole rings is 1. The Bertz CT molecular complexity index is 555. The van der Waals surface area contributed by atoms with Crippen LogP contribution in [0.2, 0.25) is 10.0 Å². The largest absolute Gasteiger partial charge is 0.475 e. The van der Waals surface area contributed by atoms with E-state index in [4.69, 9.17) is 28.3 Å². The minimum Gasteiger partial charge on any atom is -0.475 e. The van der Waals surface area contributed by atoms with Gasteiger partial charge in [-0.25, -0.2) is 4.79 Å². The van der Waals surface area contributed by atoms with Crippen molar-refractivity contribution in [2.75, 3.05) is 0 Å². The maximum absolute atomic E-state index is 10.8. The number of rotatable bonds is 2. The molecule has 1 aromatic carbocycles.